The first kappa shape index (κ1) is 21.0. The number of carbonyl (C=O) groups is 1. The topological polar surface area (TPSA) is 110 Å². The van der Waals surface area contributed by atoms with Crippen LogP contribution >= 0.6 is 0 Å². The van der Waals surface area contributed by atoms with Gasteiger partial charge in [-0.2, -0.15) is 5.10 Å². The van der Waals surface area contributed by atoms with Crippen LogP contribution < -0.4 is 5.73 Å². The number of amides is 1. The van der Waals surface area contributed by atoms with Gasteiger partial charge in [-0.05, 0) is 23.8 Å². The van der Waals surface area contributed by atoms with E-state index in [1.165, 1.54) is 24.5 Å². The summed E-state index contributed by atoms with van der Waals surface area (Å²) in [6.07, 6.45) is 2.59. The lowest BCUT2D eigenvalue weighted by atomic mass is 10.1. The fourth-order valence-corrected chi connectivity index (χ4v) is 3.51. The van der Waals surface area contributed by atoms with Crippen LogP contribution in [0.2, 0.25) is 0 Å². The van der Waals surface area contributed by atoms with E-state index in [0.717, 1.165) is 11.6 Å². The molecule has 4 aromatic rings. The predicted molar refractivity (Wildman–Crippen MR) is 119 cm³/mol. The van der Waals surface area contributed by atoms with Gasteiger partial charge in [-0.15, -0.1) is 0 Å². The van der Waals surface area contributed by atoms with Crippen molar-refractivity contribution in [3.05, 3.63) is 78.9 Å². The summed E-state index contributed by atoms with van der Waals surface area (Å²) in [5, 5.41) is 14.8. The highest BCUT2D eigenvalue weighted by atomic mass is 19.1. The lowest BCUT2D eigenvalue weighted by Gasteiger charge is -2.21. The molecule has 0 spiro atoms. The van der Waals surface area contributed by atoms with Gasteiger partial charge in [0.2, 0.25) is 5.91 Å². The minimum atomic E-state index is -0.608. The predicted octanol–water partition coefficient (Wildman–Crippen LogP) is 3.14. The van der Waals surface area contributed by atoms with Crippen LogP contribution in [0.3, 0.4) is 0 Å². The van der Waals surface area contributed by atoms with E-state index in [2.05, 4.69) is 21.6 Å². The van der Waals surface area contributed by atoms with Gasteiger partial charge >= 0.3 is 0 Å². The second-order valence-electron chi connectivity index (χ2n) is 7.18. The number of phenolic OH excluding ortho intramolecular Hbond substituents is 1. The van der Waals surface area contributed by atoms with Crippen LogP contribution in [-0.2, 0) is 17.9 Å². The number of nitrogens with zero attached hydrogens (tertiary/aromatic N) is 5. The van der Waals surface area contributed by atoms with Gasteiger partial charge in [-0.3, -0.25) is 4.79 Å². The van der Waals surface area contributed by atoms with Gasteiger partial charge in [0.15, 0.2) is 5.65 Å². The Labute approximate surface area is 183 Å². The Morgan fingerprint density at radius 1 is 1.22 bits per heavy atom. The number of hydrogen-bond donors (Lipinski definition) is 2. The maximum Gasteiger partial charge on any atom is 0.246 e. The van der Waals surface area contributed by atoms with E-state index in [4.69, 9.17) is 5.73 Å². The van der Waals surface area contributed by atoms with Crippen molar-refractivity contribution in [3.63, 3.8) is 0 Å². The Kier molecular flexibility index (Phi) is 5.80. The summed E-state index contributed by atoms with van der Waals surface area (Å²) in [7, 11) is 0. The Morgan fingerprint density at radius 3 is 2.72 bits per heavy atom. The van der Waals surface area contributed by atoms with Crippen LogP contribution in [0.4, 0.5) is 10.2 Å². The molecule has 0 aliphatic heterocycles. The lowest BCUT2D eigenvalue weighted by molar-refractivity contribution is -0.126. The number of rotatable bonds is 7. The first-order valence-corrected chi connectivity index (χ1v) is 9.88. The van der Waals surface area contributed by atoms with Crippen LogP contribution in [0, 0.1) is 5.82 Å². The molecule has 3 N–H and O–H groups in total. The number of nitrogens with two attached hydrogens (primary N) is 1. The smallest absolute Gasteiger partial charge is 0.246 e. The number of aromatic nitrogens is 4. The number of nitrogen functional groups attached to an aromatic ring is 1. The van der Waals surface area contributed by atoms with Crippen molar-refractivity contribution in [2.45, 2.75) is 13.1 Å². The van der Waals surface area contributed by atoms with E-state index >= 15 is 0 Å². The fourth-order valence-electron chi connectivity index (χ4n) is 3.51. The highest BCUT2D eigenvalue weighted by Gasteiger charge is 2.19. The van der Waals surface area contributed by atoms with Crippen molar-refractivity contribution < 1.29 is 14.3 Å². The van der Waals surface area contributed by atoms with Crippen LogP contribution in [-0.4, -0.2) is 42.2 Å². The normalized spacial score (nSPS) is 10.9. The number of phenols is 1. The van der Waals surface area contributed by atoms with Crippen molar-refractivity contribution in [2.24, 2.45) is 0 Å². The highest BCUT2D eigenvalue weighted by molar-refractivity contribution is 5.98. The molecule has 0 radical (unpaired) electrons. The van der Waals surface area contributed by atoms with Crippen LogP contribution in [0.15, 0.2) is 67.5 Å². The van der Waals surface area contributed by atoms with Gasteiger partial charge in [0, 0.05) is 24.7 Å². The number of fused-ring (bicyclic) bond motifs is 1. The summed E-state index contributed by atoms with van der Waals surface area (Å²) in [6, 6.07) is 13.3. The summed E-state index contributed by atoms with van der Waals surface area (Å²) in [5.74, 6) is -0.870. The quantitative estimate of drug-likeness (QED) is 0.434. The molecule has 4 rings (SSSR count). The highest BCUT2D eigenvalue weighted by Crippen LogP contribution is 2.32. The summed E-state index contributed by atoms with van der Waals surface area (Å²) in [4.78, 5) is 22.4. The van der Waals surface area contributed by atoms with Crippen LogP contribution in [0.1, 0.15) is 5.56 Å². The second-order valence-corrected chi connectivity index (χ2v) is 7.18. The van der Waals surface area contributed by atoms with Crippen molar-refractivity contribution in [2.75, 3.05) is 12.3 Å². The maximum atomic E-state index is 13.9. The standard InChI is InChI=1S/C23H21FN6O2/c1-2-19(32)29(13-15-6-4-3-5-7-15)8-9-30-23-20(22(25)26-14-27-23)21(28-30)16-10-17(24)12-18(31)11-16/h2-7,10-12,14,31H,1,8-9,13H2,(H2,25,26,27). The molecule has 0 aliphatic rings. The molecule has 0 aliphatic carbocycles. The van der Waals surface area contributed by atoms with Crippen molar-refractivity contribution in [1.29, 1.82) is 0 Å². The molecule has 8 nitrogen and oxygen atoms in total. The van der Waals surface area contributed by atoms with Gasteiger partial charge < -0.3 is 15.7 Å². The number of anilines is 1. The first-order chi connectivity index (χ1) is 15.5. The number of hydrogen-bond acceptors (Lipinski definition) is 6. The third kappa shape index (κ3) is 4.27. The Bertz CT molecular complexity index is 1270. The van der Waals surface area contributed by atoms with Gasteiger partial charge in [0.05, 0.1) is 11.9 Å². The van der Waals surface area contributed by atoms with E-state index in [0.29, 0.717) is 41.9 Å². The van der Waals surface area contributed by atoms with E-state index in [9.17, 15) is 14.3 Å². The molecular formula is C23H21FN6O2. The van der Waals surface area contributed by atoms with E-state index < -0.39 is 5.82 Å². The maximum absolute atomic E-state index is 13.9. The molecule has 1 amide bonds. The molecule has 0 bridgehead atoms. The summed E-state index contributed by atoms with van der Waals surface area (Å²) >= 11 is 0. The average Bonchev–Trinajstić information content (AvgIpc) is 3.16. The monoisotopic (exact) mass is 432 g/mol. The van der Waals surface area contributed by atoms with Crippen LogP contribution in [0.5, 0.6) is 5.75 Å². The number of benzene rings is 2. The summed E-state index contributed by atoms with van der Waals surface area (Å²) in [5.41, 5.74) is 8.19. The van der Waals surface area contributed by atoms with Crippen LogP contribution in [0.25, 0.3) is 22.3 Å². The molecule has 0 saturated carbocycles. The molecule has 2 aromatic carbocycles. The molecule has 162 valence electrons. The molecule has 0 fully saturated rings. The van der Waals surface area contributed by atoms with E-state index in [1.54, 1.807) is 9.58 Å². The van der Waals surface area contributed by atoms with E-state index in [-0.39, 0.29) is 17.5 Å². The van der Waals surface area contributed by atoms with Crippen molar-refractivity contribution >= 4 is 22.8 Å². The second kappa shape index (κ2) is 8.84. The van der Waals surface area contributed by atoms with Gasteiger partial charge in [-0.25, -0.2) is 19.0 Å². The SMILES string of the molecule is C=CC(=O)N(CCn1nc(-c2cc(O)cc(F)c2)c2c(N)ncnc21)Cc1ccccc1. The number of carbonyl (C=O) groups excluding carboxylic acids is 1. The Hall–Kier alpha value is -4.27. The number of aromatic hydroxyl groups is 1. The minimum Gasteiger partial charge on any atom is -0.508 e. The summed E-state index contributed by atoms with van der Waals surface area (Å²) < 4.78 is 15.5. The molecule has 0 atom stereocenters. The zero-order chi connectivity index (χ0) is 22.7. The minimum absolute atomic E-state index is 0.184. The van der Waals surface area contributed by atoms with Gasteiger partial charge in [0.25, 0.3) is 0 Å². The molecule has 2 heterocycles. The Morgan fingerprint density at radius 2 is 2.00 bits per heavy atom. The largest absolute Gasteiger partial charge is 0.508 e. The molecular weight excluding hydrogens is 411 g/mol. The third-order valence-electron chi connectivity index (χ3n) is 5.00. The average molecular weight is 432 g/mol. The lowest BCUT2D eigenvalue weighted by Crippen LogP contribution is -2.32. The number of halogens is 1. The molecule has 0 saturated heterocycles. The molecule has 0 unspecified atom stereocenters. The molecule has 2 aromatic heterocycles. The van der Waals surface area contributed by atoms with Crippen molar-refractivity contribution in [3.8, 4) is 17.0 Å². The van der Waals surface area contributed by atoms with Gasteiger partial charge in [-0.1, -0.05) is 36.9 Å². The van der Waals surface area contributed by atoms with Gasteiger partial charge in [0.1, 0.15) is 29.4 Å². The third-order valence-corrected chi connectivity index (χ3v) is 5.00. The zero-order valence-corrected chi connectivity index (χ0v) is 17.1. The van der Waals surface area contributed by atoms with E-state index in [1.807, 2.05) is 30.3 Å². The fraction of sp³-hybridized carbons (Fsp3) is 0.130. The molecule has 9 heteroatoms. The Balaban J connectivity index is 1.69. The molecule has 32 heavy (non-hydrogen) atoms. The first-order valence-electron chi connectivity index (χ1n) is 9.88. The summed E-state index contributed by atoms with van der Waals surface area (Å²) in [6.45, 7) is 4.63. The zero-order valence-electron chi connectivity index (χ0n) is 17.1. The van der Waals surface area contributed by atoms with Crippen molar-refractivity contribution in [1.82, 2.24) is 24.6 Å².